The summed E-state index contributed by atoms with van der Waals surface area (Å²) >= 11 is 1.28. The van der Waals surface area contributed by atoms with Gasteiger partial charge in [0.05, 0.1) is 17.9 Å². The van der Waals surface area contributed by atoms with E-state index in [1.165, 1.54) is 11.8 Å². The van der Waals surface area contributed by atoms with Crippen LogP contribution in [0.5, 0.6) is 0 Å². The third-order valence-corrected chi connectivity index (χ3v) is 5.08. The number of rotatable bonds is 7. The van der Waals surface area contributed by atoms with Gasteiger partial charge in [0.15, 0.2) is 0 Å². The van der Waals surface area contributed by atoms with Gasteiger partial charge in [-0.05, 0) is 31.6 Å². The minimum atomic E-state index is -0.350. The number of dihydropyridines is 1. The number of benzene rings is 1. The Kier molecular flexibility index (Phi) is 7.51. The van der Waals surface area contributed by atoms with Crippen molar-refractivity contribution in [2.45, 2.75) is 40.5 Å². The number of carbonyl (C=O) groups excluding carboxylic acids is 2. The highest BCUT2D eigenvalue weighted by Crippen LogP contribution is 2.39. The third kappa shape index (κ3) is 4.39. The topological polar surface area (TPSA) is 55.4 Å². The lowest BCUT2D eigenvalue weighted by Crippen LogP contribution is -2.32. The van der Waals surface area contributed by atoms with Gasteiger partial charge in [0, 0.05) is 17.2 Å². The summed E-state index contributed by atoms with van der Waals surface area (Å²) in [5, 5.41) is 3.36. The molecule has 1 aliphatic heterocycles. The standard InChI is InChI=1S/C21H27NO3S/c1-5-11-16-17(21(24)26-7-3)14(4)22-19(15-12-9-8-10-13-15)18(16)20(23)25-6-2/h8-10,12-13,16,22H,5-7,11H2,1-4H3/t16-/m1/s1. The zero-order valence-corrected chi connectivity index (χ0v) is 16.7. The summed E-state index contributed by atoms with van der Waals surface area (Å²) in [5.41, 5.74) is 3.75. The Labute approximate surface area is 160 Å². The molecule has 4 nitrogen and oxygen atoms in total. The number of carbonyl (C=O) groups is 2. The van der Waals surface area contributed by atoms with E-state index in [-0.39, 0.29) is 17.0 Å². The molecular weight excluding hydrogens is 346 g/mol. The molecule has 0 aromatic heterocycles. The van der Waals surface area contributed by atoms with Crippen LogP contribution in [0.4, 0.5) is 0 Å². The van der Waals surface area contributed by atoms with Crippen molar-refractivity contribution in [3.63, 3.8) is 0 Å². The van der Waals surface area contributed by atoms with E-state index in [0.29, 0.717) is 23.5 Å². The summed E-state index contributed by atoms with van der Waals surface area (Å²) in [4.78, 5) is 25.6. The Hall–Kier alpha value is -2.01. The van der Waals surface area contributed by atoms with Gasteiger partial charge in [-0.25, -0.2) is 4.79 Å². The first kappa shape index (κ1) is 20.3. The number of allylic oxidation sites excluding steroid dienone is 1. The number of hydrogen-bond donors (Lipinski definition) is 1. The summed E-state index contributed by atoms with van der Waals surface area (Å²) in [6, 6.07) is 9.75. The van der Waals surface area contributed by atoms with Gasteiger partial charge in [0.2, 0.25) is 5.12 Å². The molecule has 0 saturated heterocycles. The second-order valence-corrected chi connectivity index (χ2v) is 7.34. The lowest BCUT2D eigenvalue weighted by molar-refractivity contribution is -0.139. The quantitative estimate of drug-likeness (QED) is 0.712. The van der Waals surface area contributed by atoms with Gasteiger partial charge in [-0.1, -0.05) is 62.4 Å². The third-order valence-electron chi connectivity index (χ3n) is 4.31. The average molecular weight is 374 g/mol. The number of nitrogens with one attached hydrogen (secondary N) is 1. The molecule has 1 heterocycles. The summed E-state index contributed by atoms with van der Waals surface area (Å²) in [6.45, 7) is 8.04. The molecule has 0 spiro atoms. The number of hydrogen-bond acceptors (Lipinski definition) is 5. The van der Waals surface area contributed by atoms with Gasteiger partial charge in [-0.3, -0.25) is 4.79 Å². The molecule has 1 aromatic rings. The highest BCUT2D eigenvalue weighted by atomic mass is 32.2. The normalized spacial score (nSPS) is 17.2. The molecule has 1 aliphatic rings. The lowest BCUT2D eigenvalue weighted by Gasteiger charge is -2.31. The molecular formula is C21H27NO3S. The van der Waals surface area contributed by atoms with Gasteiger partial charge in [-0.2, -0.15) is 0 Å². The molecule has 0 unspecified atom stereocenters. The smallest absolute Gasteiger partial charge is 0.336 e. The summed E-state index contributed by atoms with van der Waals surface area (Å²) in [5.74, 6) is 0.108. The second kappa shape index (κ2) is 9.62. The first-order valence-corrected chi connectivity index (χ1v) is 10.1. The number of esters is 1. The van der Waals surface area contributed by atoms with Crippen molar-refractivity contribution in [1.82, 2.24) is 5.32 Å². The minimum absolute atomic E-state index is 0.0323. The highest BCUT2D eigenvalue weighted by molar-refractivity contribution is 8.14. The average Bonchev–Trinajstić information content (AvgIpc) is 2.62. The van der Waals surface area contributed by atoms with Crippen molar-refractivity contribution in [2.75, 3.05) is 12.4 Å². The molecule has 0 saturated carbocycles. The van der Waals surface area contributed by atoms with Gasteiger partial charge in [0.25, 0.3) is 0 Å². The monoisotopic (exact) mass is 373 g/mol. The predicted octanol–water partition coefficient (Wildman–Crippen LogP) is 4.53. The Morgan fingerprint density at radius 3 is 2.38 bits per heavy atom. The van der Waals surface area contributed by atoms with Crippen LogP contribution in [0.1, 0.15) is 46.1 Å². The van der Waals surface area contributed by atoms with Gasteiger partial charge < -0.3 is 10.1 Å². The molecule has 1 aromatic carbocycles. The van der Waals surface area contributed by atoms with Crippen LogP contribution in [-0.4, -0.2) is 23.4 Å². The molecule has 2 rings (SSSR count). The zero-order chi connectivity index (χ0) is 19.1. The fourth-order valence-electron chi connectivity index (χ4n) is 3.27. The van der Waals surface area contributed by atoms with E-state index in [1.807, 2.05) is 44.2 Å². The van der Waals surface area contributed by atoms with E-state index >= 15 is 0 Å². The van der Waals surface area contributed by atoms with Gasteiger partial charge >= 0.3 is 5.97 Å². The van der Waals surface area contributed by atoms with Crippen LogP contribution in [0, 0.1) is 5.92 Å². The van der Waals surface area contributed by atoms with Crippen molar-refractivity contribution in [3.8, 4) is 0 Å². The molecule has 5 heteroatoms. The Balaban J connectivity index is 2.61. The first-order chi connectivity index (χ1) is 12.5. The van der Waals surface area contributed by atoms with E-state index in [9.17, 15) is 9.59 Å². The van der Waals surface area contributed by atoms with Gasteiger partial charge in [0.1, 0.15) is 0 Å². The number of thioether (sulfide) groups is 1. The first-order valence-electron chi connectivity index (χ1n) is 9.16. The maximum atomic E-state index is 12.8. The lowest BCUT2D eigenvalue weighted by atomic mass is 9.81. The van der Waals surface area contributed by atoms with Crippen LogP contribution >= 0.6 is 11.8 Å². The molecule has 0 bridgehead atoms. The van der Waals surface area contributed by atoms with Crippen molar-refractivity contribution in [3.05, 3.63) is 52.7 Å². The van der Waals surface area contributed by atoms with Crippen molar-refractivity contribution in [2.24, 2.45) is 5.92 Å². The molecule has 0 aliphatic carbocycles. The zero-order valence-electron chi connectivity index (χ0n) is 15.9. The van der Waals surface area contributed by atoms with Gasteiger partial charge in [-0.15, -0.1) is 0 Å². The van der Waals surface area contributed by atoms with E-state index in [4.69, 9.17) is 4.74 Å². The van der Waals surface area contributed by atoms with E-state index < -0.39 is 0 Å². The summed E-state index contributed by atoms with van der Waals surface area (Å²) in [6.07, 6.45) is 1.60. The molecule has 0 fully saturated rings. The van der Waals surface area contributed by atoms with Crippen molar-refractivity contribution in [1.29, 1.82) is 0 Å². The molecule has 0 radical (unpaired) electrons. The van der Waals surface area contributed by atoms with E-state index in [2.05, 4.69) is 12.2 Å². The summed E-state index contributed by atoms with van der Waals surface area (Å²) < 4.78 is 5.36. The van der Waals surface area contributed by atoms with Crippen LogP contribution in [0.2, 0.25) is 0 Å². The van der Waals surface area contributed by atoms with Crippen LogP contribution in [-0.2, 0) is 14.3 Å². The molecule has 1 atom stereocenters. The molecule has 1 N–H and O–H groups in total. The van der Waals surface area contributed by atoms with E-state index in [1.54, 1.807) is 6.92 Å². The van der Waals surface area contributed by atoms with Crippen LogP contribution < -0.4 is 5.32 Å². The van der Waals surface area contributed by atoms with Crippen LogP contribution in [0.15, 0.2) is 47.2 Å². The maximum absolute atomic E-state index is 12.8. The minimum Gasteiger partial charge on any atom is -0.463 e. The highest BCUT2D eigenvalue weighted by Gasteiger charge is 2.36. The Morgan fingerprint density at radius 1 is 1.12 bits per heavy atom. The predicted molar refractivity (Wildman–Crippen MR) is 107 cm³/mol. The van der Waals surface area contributed by atoms with Crippen LogP contribution in [0.3, 0.4) is 0 Å². The molecule has 26 heavy (non-hydrogen) atoms. The Morgan fingerprint density at radius 2 is 1.81 bits per heavy atom. The molecule has 0 amide bonds. The van der Waals surface area contributed by atoms with Crippen molar-refractivity contribution < 1.29 is 14.3 Å². The number of ether oxygens (including phenoxy) is 1. The maximum Gasteiger partial charge on any atom is 0.336 e. The van der Waals surface area contributed by atoms with E-state index in [0.717, 1.165) is 29.8 Å². The fraction of sp³-hybridized carbons (Fsp3) is 0.429. The fourth-order valence-corrected chi connectivity index (χ4v) is 3.98. The molecule has 140 valence electrons. The largest absolute Gasteiger partial charge is 0.463 e. The Bertz CT molecular complexity index is 722. The van der Waals surface area contributed by atoms with Crippen molar-refractivity contribution >= 4 is 28.5 Å². The summed E-state index contributed by atoms with van der Waals surface area (Å²) in [7, 11) is 0. The SMILES string of the molecule is CCC[C@@H]1C(C(=O)SCC)=C(C)NC(c2ccccc2)=C1C(=O)OCC. The van der Waals surface area contributed by atoms with Crippen LogP contribution in [0.25, 0.3) is 5.70 Å². The second-order valence-electron chi connectivity index (χ2n) is 6.10.